The second kappa shape index (κ2) is 14.3. The Labute approximate surface area is 134 Å². The Morgan fingerprint density at radius 1 is 0.737 bits per heavy atom. The molecule has 19 heavy (non-hydrogen) atoms. The van der Waals surface area contributed by atoms with E-state index in [1.807, 2.05) is 12.1 Å². The summed E-state index contributed by atoms with van der Waals surface area (Å²) in [5.74, 6) is 0. The molecule has 1 rings (SSSR count). The maximum atomic E-state index is 3.07. The summed E-state index contributed by atoms with van der Waals surface area (Å²) in [6.07, 6.45) is 15.4. The van der Waals surface area contributed by atoms with Crippen molar-refractivity contribution in [1.29, 1.82) is 0 Å². The first kappa shape index (κ1) is 18.9. The van der Waals surface area contributed by atoms with Crippen molar-refractivity contribution in [2.75, 3.05) is 0 Å². The molecule has 0 saturated heterocycles. The molecule has 1 aromatic carbocycles. The van der Waals surface area contributed by atoms with Crippen molar-refractivity contribution in [3.05, 3.63) is 35.9 Å². The number of unbranched alkanes of at least 4 members (excludes halogenated alkanes) is 9. The predicted octanol–water partition coefficient (Wildman–Crippen LogP) is 5.95. The third kappa shape index (κ3) is 11.4. The Kier molecular flexibility index (Phi) is 14.3. The summed E-state index contributed by atoms with van der Waals surface area (Å²) < 4.78 is 0. The monoisotopic (exact) mass is 343 g/mol. The average Bonchev–Trinajstić information content (AvgIpc) is 2.42. The fourth-order valence-corrected chi connectivity index (χ4v) is 2.40. The van der Waals surface area contributed by atoms with Crippen LogP contribution in [0.3, 0.4) is 0 Å². The van der Waals surface area contributed by atoms with E-state index in [9.17, 15) is 0 Å². The van der Waals surface area contributed by atoms with Gasteiger partial charge in [-0.05, 0) is 0 Å². The van der Waals surface area contributed by atoms with Crippen molar-refractivity contribution in [2.45, 2.75) is 77.6 Å². The fourth-order valence-electron chi connectivity index (χ4n) is 2.40. The molecule has 0 aromatic heterocycles. The molecule has 0 fully saturated rings. The molecule has 0 unspecified atom stereocenters. The fraction of sp³-hybridized carbons (Fsp3) is 0.667. The topological polar surface area (TPSA) is 0 Å². The van der Waals surface area contributed by atoms with Gasteiger partial charge in [-0.3, -0.25) is 0 Å². The van der Waals surface area contributed by atoms with Gasteiger partial charge in [0.2, 0.25) is 0 Å². The maximum absolute atomic E-state index is 3.07. The number of benzene rings is 1. The SMILES string of the molecule is CCCCCCCCCCCCc1cc[c-]cc1.[Mo]. The van der Waals surface area contributed by atoms with Crippen molar-refractivity contribution in [1.82, 2.24) is 0 Å². The number of hydrogen-bond donors (Lipinski definition) is 0. The molecule has 0 aliphatic heterocycles. The van der Waals surface area contributed by atoms with Gasteiger partial charge >= 0.3 is 0 Å². The Morgan fingerprint density at radius 2 is 1.21 bits per heavy atom. The molecule has 0 radical (unpaired) electrons. The molecule has 0 heterocycles. The average molecular weight is 341 g/mol. The van der Waals surface area contributed by atoms with Crippen LogP contribution in [-0.4, -0.2) is 0 Å². The zero-order valence-electron chi connectivity index (χ0n) is 12.5. The smallest absolute Gasteiger partial charge is 0 e. The van der Waals surface area contributed by atoms with Crippen LogP contribution in [0.25, 0.3) is 0 Å². The van der Waals surface area contributed by atoms with E-state index in [0.717, 1.165) is 0 Å². The van der Waals surface area contributed by atoms with Crippen molar-refractivity contribution < 1.29 is 21.1 Å². The van der Waals surface area contributed by atoms with Gasteiger partial charge < -0.3 is 0 Å². The quantitative estimate of drug-likeness (QED) is 0.265. The second-order valence-electron chi connectivity index (χ2n) is 5.34. The molecule has 0 aliphatic rings. The van der Waals surface area contributed by atoms with Gasteiger partial charge in [0.1, 0.15) is 0 Å². The normalized spacial score (nSPS) is 10.2. The van der Waals surface area contributed by atoms with Crippen LogP contribution in [0.5, 0.6) is 0 Å². The zero-order chi connectivity index (χ0) is 12.9. The van der Waals surface area contributed by atoms with Crippen LogP contribution in [0.4, 0.5) is 0 Å². The van der Waals surface area contributed by atoms with E-state index in [4.69, 9.17) is 0 Å². The number of rotatable bonds is 11. The Balaban J connectivity index is 0.00000324. The van der Waals surface area contributed by atoms with Crippen LogP contribution in [0.1, 0.15) is 76.7 Å². The Bertz CT molecular complexity index is 268. The molecule has 0 nitrogen and oxygen atoms in total. The van der Waals surface area contributed by atoms with Crippen LogP contribution in [0.2, 0.25) is 0 Å². The minimum absolute atomic E-state index is 0. The first-order valence-corrected chi connectivity index (χ1v) is 7.88. The summed E-state index contributed by atoms with van der Waals surface area (Å²) in [6, 6.07) is 11.5. The van der Waals surface area contributed by atoms with Crippen LogP contribution in [-0.2, 0) is 27.5 Å². The summed E-state index contributed by atoms with van der Waals surface area (Å²) in [4.78, 5) is 0. The van der Waals surface area contributed by atoms with Gasteiger partial charge in [0.25, 0.3) is 0 Å². The van der Waals surface area contributed by atoms with E-state index < -0.39 is 0 Å². The summed E-state index contributed by atoms with van der Waals surface area (Å²) in [7, 11) is 0. The molecule has 108 valence electrons. The summed E-state index contributed by atoms with van der Waals surface area (Å²) >= 11 is 0. The Hall–Kier alpha value is -0.0917. The molecule has 0 spiro atoms. The number of hydrogen-bond acceptors (Lipinski definition) is 0. The van der Waals surface area contributed by atoms with Gasteiger partial charge in [-0.15, -0.1) is 0 Å². The molecule has 0 bridgehead atoms. The van der Waals surface area contributed by atoms with Gasteiger partial charge in [-0.25, -0.2) is 0 Å². The molecule has 0 N–H and O–H groups in total. The van der Waals surface area contributed by atoms with E-state index >= 15 is 0 Å². The van der Waals surface area contributed by atoms with Gasteiger partial charge in [-0.2, -0.15) is 35.9 Å². The summed E-state index contributed by atoms with van der Waals surface area (Å²) in [6.45, 7) is 2.28. The van der Waals surface area contributed by atoms with Gasteiger partial charge in [0.15, 0.2) is 0 Å². The molecule has 0 atom stereocenters. The molecule has 1 aromatic rings. The van der Waals surface area contributed by atoms with E-state index in [0.29, 0.717) is 0 Å². The van der Waals surface area contributed by atoms with Crippen molar-refractivity contribution in [3.63, 3.8) is 0 Å². The van der Waals surface area contributed by atoms with Crippen LogP contribution >= 0.6 is 0 Å². The Morgan fingerprint density at radius 3 is 1.74 bits per heavy atom. The van der Waals surface area contributed by atoms with Crippen molar-refractivity contribution in [3.8, 4) is 0 Å². The van der Waals surface area contributed by atoms with E-state index in [2.05, 4.69) is 25.1 Å². The maximum Gasteiger partial charge on any atom is 0 e. The molecule has 0 aliphatic carbocycles. The summed E-state index contributed by atoms with van der Waals surface area (Å²) in [5, 5.41) is 0. The number of aryl methyl sites for hydroxylation is 1. The largest absolute Gasteiger partial charge is 0.184 e. The van der Waals surface area contributed by atoms with E-state index in [1.54, 1.807) is 0 Å². The molecular formula is C18H29Mo-. The second-order valence-corrected chi connectivity index (χ2v) is 5.34. The van der Waals surface area contributed by atoms with Gasteiger partial charge in [-0.1, -0.05) is 77.6 Å². The van der Waals surface area contributed by atoms with Crippen LogP contribution in [0, 0.1) is 6.07 Å². The van der Waals surface area contributed by atoms with Gasteiger partial charge in [0.05, 0.1) is 0 Å². The van der Waals surface area contributed by atoms with Gasteiger partial charge in [0, 0.05) is 21.1 Å². The molecular weight excluding hydrogens is 312 g/mol. The van der Waals surface area contributed by atoms with Crippen LogP contribution in [0.15, 0.2) is 24.3 Å². The van der Waals surface area contributed by atoms with Crippen LogP contribution < -0.4 is 0 Å². The minimum Gasteiger partial charge on any atom is -0.184 e. The molecule has 1 heteroatoms. The third-order valence-electron chi connectivity index (χ3n) is 3.61. The van der Waals surface area contributed by atoms with E-state index in [-0.39, 0.29) is 21.1 Å². The molecule has 0 saturated carbocycles. The standard InChI is InChI=1S/C18H29.Mo/c1-2-3-4-5-6-7-8-9-10-12-15-18-16-13-11-14-17-18;/h13-14,16-17H,2-10,12,15H2,1H3;/q-1;. The van der Waals surface area contributed by atoms with Crippen molar-refractivity contribution >= 4 is 0 Å². The predicted molar refractivity (Wildman–Crippen MR) is 80.8 cm³/mol. The first-order chi connectivity index (χ1) is 8.93. The summed E-state index contributed by atoms with van der Waals surface area (Å²) in [5.41, 5.74) is 1.47. The first-order valence-electron chi connectivity index (χ1n) is 7.88. The zero-order valence-corrected chi connectivity index (χ0v) is 14.5. The molecule has 0 amide bonds. The minimum atomic E-state index is 0. The van der Waals surface area contributed by atoms with Crippen molar-refractivity contribution in [2.24, 2.45) is 0 Å². The third-order valence-corrected chi connectivity index (χ3v) is 3.61. The van der Waals surface area contributed by atoms with E-state index in [1.165, 1.54) is 76.2 Å².